The second-order valence-electron chi connectivity index (χ2n) is 5.77. The standard InChI is InChI=1S/C15H22BrNO3/c1-10(2)19-13-8-12(16)7-6-11(13)9-17-14(18)20-15(3,4)5/h6-8,10H,9H2,1-5H3,(H,17,18). The fraction of sp³-hybridized carbons (Fsp3) is 0.533. The summed E-state index contributed by atoms with van der Waals surface area (Å²) in [5.74, 6) is 0.755. The Morgan fingerprint density at radius 3 is 2.55 bits per heavy atom. The minimum Gasteiger partial charge on any atom is -0.491 e. The van der Waals surface area contributed by atoms with Gasteiger partial charge in [-0.25, -0.2) is 4.79 Å². The monoisotopic (exact) mass is 343 g/mol. The molecule has 0 aliphatic rings. The van der Waals surface area contributed by atoms with Gasteiger partial charge >= 0.3 is 6.09 Å². The van der Waals surface area contributed by atoms with Gasteiger partial charge in [-0.05, 0) is 46.8 Å². The van der Waals surface area contributed by atoms with Gasteiger partial charge in [0.15, 0.2) is 0 Å². The van der Waals surface area contributed by atoms with Crippen molar-refractivity contribution in [2.75, 3.05) is 0 Å². The van der Waals surface area contributed by atoms with Crippen LogP contribution in [0, 0.1) is 0 Å². The van der Waals surface area contributed by atoms with Crippen molar-refractivity contribution in [2.24, 2.45) is 0 Å². The van der Waals surface area contributed by atoms with Crippen LogP contribution in [-0.4, -0.2) is 17.8 Å². The van der Waals surface area contributed by atoms with Gasteiger partial charge in [-0.15, -0.1) is 0 Å². The number of rotatable bonds is 4. The molecule has 0 atom stereocenters. The molecule has 0 saturated carbocycles. The van der Waals surface area contributed by atoms with E-state index in [0.717, 1.165) is 15.8 Å². The van der Waals surface area contributed by atoms with E-state index in [1.807, 2.05) is 52.8 Å². The maximum atomic E-state index is 11.6. The van der Waals surface area contributed by atoms with Gasteiger partial charge in [0.25, 0.3) is 0 Å². The van der Waals surface area contributed by atoms with E-state index in [9.17, 15) is 4.79 Å². The molecule has 0 fully saturated rings. The van der Waals surface area contributed by atoms with Crippen LogP contribution in [0.3, 0.4) is 0 Å². The zero-order valence-electron chi connectivity index (χ0n) is 12.6. The van der Waals surface area contributed by atoms with E-state index in [1.54, 1.807) is 0 Å². The molecule has 0 aliphatic heterocycles. The van der Waals surface area contributed by atoms with Crippen molar-refractivity contribution >= 4 is 22.0 Å². The Labute approximate surface area is 129 Å². The molecule has 1 rings (SSSR count). The zero-order valence-corrected chi connectivity index (χ0v) is 14.2. The van der Waals surface area contributed by atoms with Crippen molar-refractivity contribution in [3.05, 3.63) is 28.2 Å². The molecule has 1 amide bonds. The first-order valence-corrected chi connectivity index (χ1v) is 7.38. The number of hydrogen-bond acceptors (Lipinski definition) is 3. The second kappa shape index (κ2) is 6.97. The molecular weight excluding hydrogens is 322 g/mol. The number of nitrogens with one attached hydrogen (secondary N) is 1. The number of halogens is 1. The van der Waals surface area contributed by atoms with Gasteiger partial charge in [0.05, 0.1) is 6.10 Å². The number of carbonyl (C=O) groups is 1. The number of amides is 1. The van der Waals surface area contributed by atoms with Gasteiger partial charge in [-0.3, -0.25) is 0 Å². The zero-order chi connectivity index (χ0) is 15.3. The maximum absolute atomic E-state index is 11.6. The van der Waals surface area contributed by atoms with Crippen LogP contribution in [0.15, 0.2) is 22.7 Å². The highest BCUT2D eigenvalue weighted by Crippen LogP contribution is 2.24. The molecule has 0 saturated heterocycles. The van der Waals surface area contributed by atoms with E-state index in [1.165, 1.54) is 0 Å². The summed E-state index contributed by atoms with van der Waals surface area (Å²) in [6.07, 6.45) is -0.361. The fourth-order valence-electron chi connectivity index (χ4n) is 1.52. The average molecular weight is 344 g/mol. The van der Waals surface area contributed by atoms with Crippen LogP contribution in [-0.2, 0) is 11.3 Å². The first-order valence-electron chi connectivity index (χ1n) is 6.59. The van der Waals surface area contributed by atoms with Crippen LogP contribution in [0.25, 0.3) is 0 Å². The van der Waals surface area contributed by atoms with Crippen molar-refractivity contribution in [3.8, 4) is 5.75 Å². The average Bonchev–Trinajstić information content (AvgIpc) is 2.24. The Bertz CT molecular complexity index is 467. The Morgan fingerprint density at radius 1 is 1.35 bits per heavy atom. The van der Waals surface area contributed by atoms with Crippen molar-refractivity contribution in [1.82, 2.24) is 5.32 Å². The van der Waals surface area contributed by atoms with Crippen LogP contribution >= 0.6 is 15.9 Å². The highest BCUT2D eigenvalue weighted by Gasteiger charge is 2.16. The summed E-state index contributed by atoms with van der Waals surface area (Å²) >= 11 is 3.41. The molecule has 5 heteroatoms. The highest BCUT2D eigenvalue weighted by molar-refractivity contribution is 9.10. The third kappa shape index (κ3) is 6.28. The first kappa shape index (κ1) is 16.8. The van der Waals surface area contributed by atoms with Crippen molar-refractivity contribution in [3.63, 3.8) is 0 Å². The van der Waals surface area contributed by atoms with Gasteiger partial charge in [0.2, 0.25) is 0 Å². The summed E-state index contributed by atoms with van der Waals surface area (Å²) in [5, 5.41) is 2.73. The maximum Gasteiger partial charge on any atom is 0.407 e. The molecule has 0 aromatic heterocycles. The van der Waals surface area contributed by atoms with Crippen LogP contribution in [0.2, 0.25) is 0 Å². The van der Waals surface area contributed by atoms with Crippen LogP contribution < -0.4 is 10.1 Å². The third-order valence-corrected chi connectivity index (χ3v) is 2.71. The largest absolute Gasteiger partial charge is 0.491 e. The van der Waals surface area contributed by atoms with E-state index in [2.05, 4.69) is 21.2 Å². The van der Waals surface area contributed by atoms with E-state index in [0.29, 0.717) is 6.54 Å². The minimum atomic E-state index is -0.499. The number of carbonyl (C=O) groups excluding carboxylic acids is 1. The molecule has 0 radical (unpaired) electrons. The molecule has 0 aliphatic carbocycles. The molecule has 112 valence electrons. The Kier molecular flexibility index (Phi) is 5.87. The van der Waals surface area contributed by atoms with Crippen molar-refractivity contribution < 1.29 is 14.3 Å². The lowest BCUT2D eigenvalue weighted by Gasteiger charge is -2.20. The number of alkyl carbamates (subject to hydrolysis) is 1. The molecular formula is C15H22BrNO3. The number of benzene rings is 1. The summed E-state index contributed by atoms with van der Waals surface area (Å²) in [6, 6.07) is 5.73. The lowest BCUT2D eigenvalue weighted by Crippen LogP contribution is -2.32. The molecule has 1 aromatic carbocycles. The summed E-state index contributed by atoms with van der Waals surface area (Å²) in [4.78, 5) is 11.6. The second-order valence-corrected chi connectivity index (χ2v) is 6.69. The van der Waals surface area contributed by atoms with Gasteiger partial charge in [-0.1, -0.05) is 22.0 Å². The lowest BCUT2D eigenvalue weighted by molar-refractivity contribution is 0.0523. The van der Waals surface area contributed by atoms with Crippen molar-refractivity contribution in [2.45, 2.75) is 52.9 Å². The lowest BCUT2D eigenvalue weighted by atomic mass is 10.2. The minimum absolute atomic E-state index is 0.0737. The van der Waals surface area contributed by atoms with E-state index < -0.39 is 11.7 Å². The normalized spacial score (nSPS) is 11.3. The van der Waals surface area contributed by atoms with Gasteiger partial charge in [-0.2, -0.15) is 0 Å². The van der Waals surface area contributed by atoms with Crippen LogP contribution in [0.4, 0.5) is 4.79 Å². The quantitative estimate of drug-likeness (QED) is 0.888. The molecule has 20 heavy (non-hydrogen) atoms. The summed E-state index contributed by atoms with van der Waals surface area (Å²) in [6.45, 7) is 9.79. The summed E-state index contributed by atoms with van der Waals surface area (Å²) < 4.78 is 11.9. The van der Waals surface area contributed by atoms with Crippen molar-refractivity contribution in [1.29, 1.82) is 0 Å². The summed E-state index contributed by atoms with van der Waals surface area (Å²) in [5.41, 5.74) is 0.411. The molecule has 0 bridgehead atoms. The topological polar surface area (TPSA) is 47.6 Å². The Hall–Kier alpha value is -1.23. The highest BCUT2D eigenvalue weighted by atomic mass is 79.9. The van der Waals surface area contributed by atoms with Gasteiger partial charge in [0, 0.05) is 16.6 Å². The molecule has 1 aromatic rings. The van der Waals surface area contributed by atoms with Gasteiger partial charge in [0.1, 0.15) is 11.4 Å². The van der Waals surface area contributed by atoms with Gasteiger partial charge < -0.3 is 14.8 Å². The first-order chi connectivity index (χ1) is 9.17. The Morgan fingerprint density at radius 2 is 2.00 bits per heavy atom. The van der Waals surface area contributed by atoms with E-state index in [4.69, 9.17) is 9.47 Å². The molecule has 1 N–H and O–H groups in total. The van der Waals surface area contributed by atoms with Crippen LogP contribution in [0.1, 0.15) is 40.2 Å². The van der Waals surface area contributed by atoms with E-state index in [-0.39, 0.29) is 6.10 Å². The number of hydrogen-bond donors (Lipinski definition) is 1. The smallest absolute Gasteiger partial charge is 0.407 e. The third-order valence-electron chi connectivity index (χ3n) is 2.21. The number of ether oxygens (including phenoxy) is 2. The molecule has 0 spiro atoms. The predicted octanol–water partition coefficient (Wildman–Crippen LogP) is 4.26. The van der Waals surface area contributed by atoms with E-state index >= 15 is 0 Å². The molecule has 4 nitrogen and oxygen atoms in total. The van der Waals surface area contributed by atoms with Crippen LogP contribution in [0.5, 0.6) is 5.75 Å². The fourth-order valence-corrected chi connectivity index (χ4v) is 1.86. The summed E-state index contributed by atoms with van der Waals surface area (Å²) in [7, 11) is 0. The molecule has 0 unspecified atom stereocenters. The SMILES string of the molecule is CC(C)Oc1cc(Br)ccc1CNC(=O)OC(C)(C)C. The predicted molar refractivity (Wildman–Crippen MR) is 83.0 cm³/mol. The Balaban J connectivity index is 2.70. The molecule has 0 heterocycles.